The van der Waals surface area contributed by atoms with Crippen LogP contribution in [0.5, 0.6) is 5.75 Å². The first-order valence-electron chi connectivity index (χ1n) is 8.99. The van der Waals surface area contributed by atoms with Gasteiger partial charge in [0.2, 0.25) is 0 Å². The van der Waals surface area contributed by atoms with Gasteiger partial charge in [0.05, 0.1) is 17.1 Å². The van der Waals surface area contributed by atoms with E-state index < -0.39 is 4.92 Å². The monoisotopic (exact) mass is 392 g/mol. The average molecular weight is 392 g/mol. The van der Waals surface area contributed by atoms with Crippen LogP contribution in [-0.2, 0) is 17.9 Å². The Morgan fingerprint density at radius 2 is 1.69 bits per heavy atom. The molecule has 7 heteroatoms. The van der Waals surface area contributed by atoms with Gasteiger partial charge in [-0.25, -0.2) is 0 Å². The van der Waals surface area contributed by atoms with Gasteiger partial charge in [-0.15, -0.1) is 0 Å². The molecule has 0 unspecified atom stereocenters. The minimum Gasteiger partial charge on any atom is -0.484 e. The average Bonchev–Trinajstić information content (AvgIpc) is 2.77. The van der Waals surface area contributed by atoms with E-state index in [-0.39, 0.29) is 31.4 Å². The Morgan fingerprint density at radius 1 is 1.00 bits per heavy atom. The number of hydrogen-bond acceptors (Lipinski definition) is 5. The highest BCUT2D eigenvalue weighted by Crippen LogP contribution is 2.30. The normalized spacial score (nSPS) is 10.4. The van der Waals surface area contributed by atoms with Crippen molar-refractivity contribution in [2.45, 2.75) is 13.2 Å². The summed E-state index contributed by atoms with van der Waals surface area (Å²) in [4.78, 5) is 23.1. The van der Waals surface area contributed by atoms with Crippen LogP contribution in [-0.4, -0.2) is 22.5 Å². The second-order valence-corrected chi connectivity index (χ2v) is 6.34. The number of nitro benzene ring substituents is 1. The van der Waals surface area contributed by atoms with Gasteiger partial charge in [0.25, 0.3) is 11.6 Å². The molecule has 7 nitrogen and oxygen atoms in total. The molecule has 148 valence electrons. The van der Waals surface area contributed by atoms with Gasteiger partial charge < -0.3 is 15.2 Å². The number of benzene rings is 3. The molecule has 3 aromatic rings. The largest absolute Gasteiger partial charge is 0.484 e. The molecule has 0 spiro atoms. The maximum Gasteiger partial charge on any atom is 0.277 e. The van der Waals surface area contributed by atoms with Crippen LogP contribution in [0.25, 0.3) is 11.1 Å². The van der Waals surface area contributed by atoms with Crippen molar-refractivity contribution in [3.05, 3.63) is 94.0 Å². The number of nitrogens with one attached hydrogen (secondary N) is 1. The fraction of sp³-hybridized carbons (Fsp3) is 0.136. The van der Waals surface area contributed by atoms with Gasteiger partial charge in [0.1, 0.15) is 5.75 Å². The highest BCUT2D eigenvalue weighted by Gasteiger charge is 2.16. The molecule has 0 atom stereocenters. The third kappa shape index (κ3) is 5.40. The Hall–Kier alpha value is -3.71. The maximum atomic E-state index is 12.0. The number of hydrogen-bond donors (Lipinski definition) is 2. The zero-order valence-electron chi connectivity index (χ0n) is 15.6. The van der Waals surface area contributed by atoms with E-state index in [2.05, 4.69) is 5.32 Å². The molecule has 0 aliphatic rings. The summed E-state index contributed by atoms with van der Waals surface area (Å²) in [6.45, 7) is -0.0832. The lowest BCUT2D eigenvalue weighted by Gasteiger charge is -2.09. The molecule has 2 N–H and O–H groups in total. The van der Waals surface area contributed by atoms with Gasteiger partial charge >= 0.3 is 0 Å². The molecule has 3 aromatic carbocycles. The van der Waals surface area contributed by atoms with E-state index in [1.54, 1.807) is 36.4 Å². The smallest absolute Gasteiger partial charge is 0.277 e. The van der Waals surface area contributed by atoms with Crippen molar-refractivity contribution in [2.75, 3.05) is 6.61 Å². The fourth-order valence-electron chi connectivity index (χ4n) is 2.79. The second-order valence-electron chi connectivity index (χ2n) is 6.34. The number of nitro groups is 1. The summed E-state index contributed by atoms with van der Waals surface area (Å²) in [6, 6.07) is 20.8. The SMILES string of the molecule is O=C(COc1ccc(CO)cc1)NCc1ccc(-c2ccccc2)c([N+](=O)[O-])c1. The first-order valence-corrected chi connectivity index (χ1v) is 8.99. The molecule has 0 radical (unpaired) electrons. The van der Waals surface area contributed by atoms with Crippen molar-refractivity contribution in [3.63, 3.8) is 0 Å². The van der Waals surface area contributed by atoms with Crippen molar-refractivity contribution < 1.29 is 19.6 Å². The second kappa shape index (κ2) is 9.48. The number of carbonyl (C=O) groups is 1. The molecule has 0 aliphatic carbocycles. The maximum absolute atomic E-state index is 12.0. The van der Waals surface area contributed by atoms with E-state index in [9.17, 15) is 14.9 Å². The van der Waals surface area contributed by atoms with Gasteiger partial charge in [-0.3, -0.25) is 14.9 Å². The number of carbonyl (C=O) groups excluding carboxylic acids is 1. The minimum absolute atomic E-state index is 0.0110. The van der Waals surface area contributed by atoms with Crippen LogP contribution in [0.3, 0.4) is 0 Å². The predicted octanol–water partition coefficient (Wildman–Crippen LogP) is 3.45. The Bertz CT molecular complexity index is 988. The molecule has 29 heavy (non-hydrogen) atoms. The lowest BCUT2D eigenvalue weighted by atomic mass is 10.0. The highest BCUT2D eigenvalue weighted by atomic mass is 16.6. The van der Waals surface area contributed by atoms with Crippen molar-refractivity contribution in [1.29, 1.82) is 0 Å². The highest BCUT2D eigenvalue weighted by molar-refractivity contribution is 5.78. The van der Waals surface area contributed by atoms with E-state index in [0.717, 1.165) is 11.1 Å². The van der Waals surface area contributed by atoms with E-state index in [1.165, 1.54) is 6.07 Å². The number of ether oxygens (including phenoxy) is 1. The number of amides is 1. The number of aliphatic hydroxyl groups is 1. The molecule has 0 heterocycles. The molecular weight excluding hydrogens is 372 g/mol. The molecular formula is C22H20N2O5. The van der Waals surface area contributed by atoms with Gasteiger partial charge in [-0.05, 0) is 34.9 Å². The molecule has 0 saturated heterocycles. The van der Waals surface area contributed by atoms with Crippen molar-refractivity contribution in [1.82, 2.24) is 5.32 Å². The molecule has 0 fully saturated rings. The standard InChI is InChI=1S/C22H20N2O5/c25-14-16-6-9-19(10-7-16)29-15-22(26)23-13-17-8-11-20(21(12-17)24(27)28)18-4-2-1-3-5-18/h1-12,25H,13-15H2,(H,23,26). The van der Waals surface area contributed by atoms with Crippen LogP contribution in [0.4, 0.5) is 5.69 Å². The summed E-state index contributed by atoms with van der Waals surface area (Å²) >= 11 is 0. The molecule has 0 saturated carbocycles. The van der Waals surface area contributed by atoms with Crippen LogP contribution >= 0.6 is 0 Å². The van der Waals surface area contributed by atoms with Crippen molar-refractivity contribution >= 4 is 11.6 Å². The molecule has 0 aliphatic heterocycles. The fourth-order valence-corrected chi connectivity index (χ4v) is 2.79. The summed E-state index contributed by atoms with van der Waals surface area (Å²) in [6.07, 6.45) is 0. The Labute approximate surface area is 167 Å². The molecule has 0 aromatic heterocycles. The molecule has 3 rings (SSSR count). The quantitative estimate of drug-likeness (QED) is 0.452. The number of nitrogens with zero attached hydrogens (tertiary/aromatic N) is 1. The third-order valence-electron chi connectivity index (χ3n) is 4.31. The van der Waals surface area contributed by atoms with Crippen LogP contribution in [0, 0.1) is 10.1 Å². The molecule has 1 amide bonds. The third-order valence-corrected chi connectivity index (χ3v) is 4.31. The van der Waals surface area contributed by atoms with Crippen LogP contribution in [0.1, 0.15) is 11.1 Å². The van der Waals surface area contributed by atoms with Crippen LogP contribution in [0.15, 0.2) is 72.8 Å². The summed E-state index contributed by atoms with van der Waals surface area (Å²) in [5.74, 6) is 0.172. The van der Waals surface area contributed by atoms with Crippen LogP contribution < -0.4 is 10.1 Å². The topological polar surface area (TPSA) is 102 Å². The van der Waals surface area contributed by atoms with E-state index in [4.69, 9.17) is 9.84 Å². The summed E-state index contributed by atoms with van der Waals surface area (Å²) in [5.41, 5.74) is 2.65. The van der Waals surface area contributed by atoms with Gasteiger partial charge in [-0.2, -0.15) is 0 Å². The van der Waals surface area contributed by atoms with E-state index in [0.29, 0.717) is 16.9 Å². The van der Waals surface area contributed by atoms with Crippen LogP contribution in [0.2, 0.25) is 0 Å². The van der Waals surface area contributed by atoms with E-state index >= 15 is 0 Å². The van der Waals surface area contributed by atoms with E-state index in [1.807, 2.05) is 30.3 Å². The Kier molecular flexibility index (Phi) is 6.55. The zero-order valence-corrected chi connectivity index (χ0v) is 15.6. The lowest BCUT2D eigenvalue weighted by molar-refractivity contribution is -0.384. The minimum atomic E-state index is -0.424. The summed E-state index contributed by atoms with van der Waals surface area (Å²) in [7, 11) is 0. The first kappa shape index (κ1) is 20.0. The van der Waals surface area contributed by atoms with Crippen molar-refractivity contribution in [3.8, 4) is 16.9 Å². The van der Waals surface area contributed by atoms with Gasteiger partial charge in [0, 0.05) is 12.6 Å². The Balaban J connectivity index is 1.60. The molecule has 0 bridgehead atoms. The Morgan fingerprint density at radius 3 is 2.34 bits per heavy atom. The summed E-state index contributed by atoms with van der Waals surface area (Å²) in [5, 5.41) is 23.2. The predicted molar refractivity (Wildman–Crippen MR) is 108 cm³/mol. The number of rotatable bonds is 8. The number of aliphatic hydroxyl groups excluding tert-OH is 1. The lowest BCUT2D eigenvalue weighted by Crippen LogP contribution is -2.28. The van der Waals surface area contributed by atoms with Gasteiger partial charge in [-0.1, -0.05) is 48.5 Å². The zero-order chi connectivity index (χ0) is 20.6. The van der Waals surface area contributed by atoms with Gasteiger partial charge in [0.15, 0.2) is 6.61 Å². The van der Waals surface area contributed by atoms with Crippen molar-refractivity contribution in [2.24, 2.45) is 0 Å². The summed E-state index contributed by atoms with van der Waals surface area (Å²) < 4.78 is 5.39. The first-order chi connectivity index (χ1) is 14.1.